The minimum absolute atomic E-state index is 0.0818. The third-order valence-corrected chi connectivity index (χ3v) is 6.20. The van der Waals surface area contributed by atoms with E-state index < -0.39 is 0 Å². The number of amides is 1. The standard InChI is InChI=1S/C24H30N4O2/c1-6-18-10-7-9-14(2)21(18)27-23(29)19-11-8-12-28(13-19)22-20-15(3)16(4)30-24(20)26-17(5)25-22/h7,9-10,19H,6,8,11-13H2,1-5H3,(H,27,29). The lowest BCUT2D eigenvalue weighted by molar-refractivity contribution is -0.120. The molecule has 1 aliphatic rings. The highest BCUT2D eigenvalue weighted by Gasteiger charge is 2.29. The number of furan rings is 1. The van der Waals surface area contributed by atoms with Crippen LogP contribution in [0.25, 0.3) is 11.1 Å². The molecule has 1 saturated heterocycles. The van der Waals surface area contributed by atoms with Crippen LogP contribution in [-0.4, -0.2) is 29.0 Å². The third kappa shape index (κ3) is 3.66. The highest BCUT2D eigenvalue weighted by atomic mass is 16.3. The van der Waals surface area contributed by atoms with Crippen molar-refractivity contribution in [3.63, 3.8) is 0 Å². The molecular weight excluding hydrogens is 376 g/mol. The number of para-hydroxylation sites is 1. The summed E-state index contributed by atoms with van der Waals surface area (Å²) < 4.78 is 5.85. The zero-order valence-electron chi connectivity index (χ0n) is 18.5. The molecule has 1 unspecified atom stereocenters. The molecule has 2 aromatic heterocycles. The van der Waals surface area contributed by atoms with Crippen molar-refractivity contribution >= 4 is 28.5 Å². The number of hydrogen-bond donors (Lipinski definition) is 1. The van der Waals surface area contributed by atoms with E-state index in [1.165, 1.54) is 5.56 Å². The second-order valence-electron chi connectivity index (χ2n) is 8.29. The molecule has 0 aliphatic carbocycles. The van der Waals surface area contributed by atoms with Crippen LogP contribution in [0.5, 0.6) is 0 Å². The number of nitrogens with zero attached hydrogens (tertiary/aromatic N) is 3. The fraction of sp³-hybridized carbons (Fsp3) is 0.458. The summed E-state index contributed by atoms with van der Waals surface area (Å²) in [5.74, 6) is 2.44. The van der Waals surface area contributed by atoms with Gasteiger partial charge in [-0.25, -0.2) is 4.98 Å². The SMILES string of the molecule is CCc1cccc(C)c1NC(=O)C1CCCN(c2nc(C)nc3oc(C)c(C)c23)C1. The normalized spacial score (nSPS) is 16.8. The Morgan fingerprint density at radius 2 is 2.03 bits per heavy atom. The molecule has 4 rings (SSSR count). The molecule has 1 amide bonds. The molecule has 6 heteroatoms. The lowest BCUT2D eigenvalue weighted by Crippen LogP contribution is -2.41. The number of benzene rings is 1. The summed E-state index contributed by atoms with van der Waals surface area (Å²) in [6, 6.07) is 6.18. The van der Waals surface area contributed by atoms with Crippen molar-refractivity contribution in [2.24, 2.45) is 5.92 Å². The van der Waals surface area contributed by atoms with Crippen molar-refractivity contribution in [1.82, 2.24) is 9.97 Å². The predicted octanol–water partition coefficient (Wildman–Crippen LogP) is 4.87. The molecule has 0 bridgehead atoms. The molecule has 3 aromatic rings. The molecule has 0 saturated carbocycles. The summed E-state index contributed by atoms with van der Waals surface area (Å²) in [6.45, 7) is 11.6. The molecule has 1 atom stereocenters. The Kier molecular flexibility index (Phi) is 5.50. The highest BCUT2D eigenvalue weighted by molar-refractivity contribution is 5.95. The van der Waals surface area contributed by atoms with E-state index in [2.05, 4.69) is 28.2 Å². The number of aryl methyl sites for hydroxylation is 5. The topological polar surface area (TPSA) is 71.3 Å². The maximum absolute atomic E-state index is 13.2. The predicted molar refractivity (Wildman–Crippen MR) is 120 cm³/mol. The number of rotatable bonds is 4. The highest BCUT2D eigenvalue weighted by Crippen LogP contribution is 2.33. The van der Waals surface area contributed by atoms with Gasteiger partial charge in [0.1, 0.15) is 17.4 Å². The van der Waals surface area contributed by atoms with Gasteiger partial charge in [-0.2, -0.15) is 4.98 Å². The van der Waals surface area contributed by atoms with E-state index in [0.29, 0.717) is 18.1 Å². The summed E-state index contributed by atoms with van der Waals surface area (Å²) in [4.78, 5) is 24.6. The van der Waals surface area contributed by atoms with Crippen LogP contribution in [0.1, 0.15) is 48.0 Å². The van der Waals surface area contributed by atoms with Crippen LogP contribution in [0.2, 0.25) is 0 Å². The van der Waals surface area contributed by atoms with E-state index in [1.807, 2.05) is 39.8 Å². The first-order chi connectivity index (χ1) is 14.4. The fourth-order valence-corrected chi connectivity index (χ4v) is 4.37. The number of carbonyl (C=O) groups is 1. The molecular formula is C24H30N4O2. The van der Waals surface area contributed by atoms with Gasteiger partial charge < -0.3 is 14.6 Å². The van der Waals surface area contributed by atoms with E-state index >= 15 is 0 Å². The van der Waals surface area contributed by atoms with Gasteiger partial charge in [0.2, 0.25) is 11.6 Å². The van der Waals surface area contributed by atoms with Crippen molar-refractivity contribution in [2.45, 2.75) is 53.9 Å². The Bertz CT molecular complexity index is 1100. The van der Waals surface area contributed by atoms with Gasteiger partial charge in [0.15, 0.2) is 0 Å². The molecule has 0 radical (unpaired) electrons. The van der Waals surface area contributed by atoms with Gasteiger partial charge in [0.25, 0.3) is 0 Å². The van der Waals surface area contributed by atoms with E-state index in [1.54, 1.807) is 0 Å². The van der Waals surface area contributed by atoms with Crippen molar-refractivity contribution < 1.29 is 9.21 Å². The summed E-state index contributed by atoms with van der Waals surface area (Å²) in [5, 5.41) is 4.18. The molecule has 158 valence electrons. The van der Waals surface area contributed by atoms with Gasteiger partial charge in [0, 0.05) is 24.3 Å². The van der Waals surface area contributed by atoms with Gasteiger partial charge in [-0.05, 0) is 58.1 Å². The number of hydrogen-bond acceptors (Lipinski definition) is 5. The van der Waals surface area contributed by atoms with E-state index in [0.717, 1.165) is 59.6 Å². The van der Waals surface area contributed by atoms with Gasteiger partial charge in [-0.1, -0.05) is 25.1 Å². The number of nitrogens with one attached hydrogen (secondary N) is 1. The van der Waals surface area contributed by atoms with Gasteiger partial charge >= 0.3 is 0 Å². The Morgan fingerprint density at radius 1 is 1.23 bits per heavy atom. The van der Waals surface area contributed by atoms with Crippen LogP contribution >= 0.6 is 0 Å². The maximum atomic E-state index is 13.2. The second kappa shape index (κ2) is 8.09. The largest absolute Gasteiger partial charge is 0.443 e. The zero-order valence-corrected chi connectivity index (χ0v) is 18.5. The van der Waals surface area contributed by atoms with Crippen LogP contribution in [-0.2, 0) is 11.2 Å². The zero-order chi connectivity index (χ0) is 21.4. The minimum atomic E-state index is -0.0818. The molecule has 1 aromatic carbocycles. The summed E-state index contributed by atoms with van der Waals surface area (Å²) in [5.41, 5.74) is 4.94. The first-order valence-corrected chi connectivity index (χ1v) is 10.8. The number of fused-ring (bicyclic) bond motifs is 1. The fourth-order valence-electron chi connectivity index (χ4n) is 4.37. The molecule has 1 N–H and O–H groups in total. The molecule has 6 nitrogen and oxygen atoms in total. The Labute approximate surface area is 177 Å². The summed E-state index contributed by atoms with van der Waals surface area (Å²) >= 11 is 0. The van der Waals surface area contributed by atoms with E-state index in [-0.39, 0.29) is 11.8 Å². The number of piperidine rings is 1. The lowest BCUT2D eigenvalue weighted by Gasteiger charge is -2.33. The van der Waals surface area contributed by atoms with E-state index in [4.69, 9.17) is 9.40 Å². The third-order valence-electron chi connectivity index (χ3n) is 6.20. The van der Waals surface area contributed by atoms with Crippen molar-refractivity contribution in [3.8, 4) is 0 Å². The second-order valence-corrected chi connectivity index (χ2v) is 8.29. The molecule has 0 spiro atoms. The summed E-state index contributed by atoms with van der Waals surface area (Å²) in [7, 11) is 0. The van der Waals surface area contributed by atoms with Gasteiger partial charge in [-0.3, -0.25) is 4.79 Å². The monoisotopic (exact) mass is 406 g/mol. The molecule has 1 aliphatic heterocycles. The van der Waals surface area contributed by atoms with Crippen LogP contribution in [0, 0.1) is 33.6 Å². The number of carbonyl (C=O) groups excluding carboxylic acids is 1. The molecule has 30 heavy (non-hydrogen) atoms. The summed E-state index contributed by atoms with van der Waals surface area (Å²) in [6.07, 6.45) is 2.73. The maximum Gasteiger partial charge on any atom is 0.231 e. The average molecular weight is 407 g/mol. The quantitative estimate of drug-likeness (QED) is 0.669. The molecule has 3 heterocycles. The van der Waals surface area contributed by atoms with E-state index in [9.17, 15) is 4.79 Å². The smallest absolute Gasteiger partial charge is 0.231 e. The Hall–Kier alpha value is -2.89. The van der Waals surface area contributed by atoms with Gasteiger partial charge in [-0.15, -0.1) is 0 Å². The Balaban J connectivity index is 1.60. The number of aromatic nitrogens is 2. The lowest BCUT2D eigenvalue weighted by atomic mass is 9.96. The average Bonchev–Trinajstić information content (AvgIpc) is 3.02. The first kappa shape index (κ1) is 20.4. The van der Waals surface area contributed by atoms with Crippen LogP contribution in [0.15, 0.2) is 22.6 Å². The van der Waals surface area contributed by atoms with Crippen molar-refractivity contribution in [1.29, 1.82) is 0 Å². The molecule has 1 fully saturated rings. The van der Waals surface area contributed by atoms with Gasteiger partial charge in [0.05, 0.1) is 11.3 Å². The van der Waals surface area contributed by atoms with Crippen molar-refractivity contribution in [2.75, 3.05) is 23.3 Å². The van der Waals surface area contributed by atoms with Crippen LogP contribution in [0.3, 0.4) is 0 Å². The Morgan fingerprint density at radius 3 is 2.80 bits per heavy atom. The minimum Gasteiger partial charge on any atom is -0.443 e. The van der Waals surface area contributed by atoms with Crippen LogP contribution < -0.4 is 10.2 Å². The first-order valence-electron chi connectivity index (χ1n) is 10.8. The van der Waals surface area contributed by atoms with Crippen molar-refractivity contribution in [3.05, 3.63) is 46.5 Å². The number of anilines is 2. The van der Waals surface area contributed by atoms with Crippen LogP contribution in [0.4, 0.5) is 11.5 Å².